The third-order valence-electron chi connectivity index (χ3n) is 7.48. The smallest absolute Gasteiger partial charge is 0.247 e. The molecule has 2 aromatic carbocycles. The Labute approximate surface area is 218 Å². The van der Waals surface area contributed by atoms with E-state index in [4.69, 9.17) is 11.6 Å². The summed E-state index contributed by atoms with van der Waals surface area (Å²) >= 11 is 6.40. The number of amides is 2. The van der Waals surface area contributed by atoms with Crippen LogP contribution in [0.3, 0.4) is 0 Å². The van der Waals surface area contributed by atoms with Crippen molar-refractivity contribution in [2.24, 2.45) is 5.92 Å². The van der Waals surface area contributed by atoms with Gasteiger partial charge in [0, 0.05) is 23.2 Å². The number of para-hydroxylation sites is 2. The molecule has 0 N–H and O–H groups in total. The molecule has 1 aliphatic heterocycles. The molecule has 3 aromatic rings. The van der Waals surface area contributed by atoms with Gasteiger partial charge in [0.05, 0.1) is 17.1 Å². The second-order valence-corrected chi connectivity index (χ2v) is 10.4. The molecule has 0 bridgehead atoms. The molecule has 2 aliphatic rings. The van der Waals surface area contributed by atoms with Crippen LogP contribution in [0.2, 0.25) is 5.02 Å². The van der Waals surface area contributed by atoms with Gasteiger partial charge in [-0.2, -0.15) is 0 Å². The van der Waals surface area contributed by atoms with Crippen LogP contribution in [0.25, 0.3) is 5.69 Å². The van der Waals surface area contributed by atoms with Crippen LogP contribution in [0.4, 0.5) is 5.69 Å². The molecule has 0 radical (unpaired) electrons. The van der Waals surface area contributed by atoms with E-state index < -0.39 is 0 Å². The van der Waals surface area contributed by atoms with Crippen molar-refractivity contribution in [1.82, 2.24) is 9.47 Å². The number of halogens is 1. The highest BCUT2D eigenvalue weighted by molar-refractivity contribution is 6.30. The number of aromatic nitrogens is 1. The molecule has 2 atom stereocenters. The number of carbonyl (C=O) groups excluding carboxylic acids is 2. The van der Waals surface area contributed by atoms with E-state index in [1.165, 1.54) is 0 Å². The molecule has 2 amide bonds. The third kappa shape index (κ3) is 4.69. The fourth-order valence-corrected chi connectivity index (χ4v) is 5.64. The number of hydrogen-bond donors (Lipinski definition) is 0. The lowest BCUT2D eigenvalue weighted by atomic mass is 9.96. The summed E-state index contributed by atoms with van der Waals surface area (Å²) in [5.74, 6) is 0.0493. The first-order valence-corrected chi connectivity index (χ1v) is 13.6. The van der Waals surface area contributed by atoms with Crippen LogP contribution in [0.1, 0.15) is 69.7 Å². The van der Waals surface area contributed by atoms with Crippen LogP contribution in [-0.4, -0.2) is 33.9 Å². The van der Waals surface area contributed by atoms with E-state index in [-0.39, 0.29) is 36.4 Å². The van der Waals surface area contributed by atoms with Crippen molar-refractivity contribution in [2.75, 3.05) is 11.4 Å². The van der Waals surface area contributed by atoms with E-state index >= 15 is 0 Å². The average Bonchev–Trinajstić information content (AvgIpc) is 3.61. The van der Waals surface area contributed by atoms with Crippen LogP contribution in [-0.2, 0) is 9.59 Å². The van der Waals surface area contributed by atoms with Gasteiger partial charge in [-0.15, -0.1) is 0 Å². The SMILES string of the molecule is CCCC[C@@H](CC)C(=O)N(CC(=O)N1c2ccccc2-n2cccc2[C@@H]1c1cccc(Cl)c1)C1CC1. The van der Waals surface area contributed by atoms with E-state index in [9.17, 15) is 9.59 Å². The largest absolute Gasteiger partial charge is 0.330 e. The van der Waals surface area contributed by atoms with Gasteiger partial charge < -0.3 is 9.47 Å². The van der Waals surface area contributed by atoms with Crippen molar-refractivity contribution in [2.45, 2.75) is 64.5 Å². The lowest BCUT2D eigenvalue weighted by Crippen LogP contribution is -2.48. The normalized spacial score (nSPS) is 17.3. The molecule has 1 aromatic heterocycles. The van der Waals surface area contributed by atoms with E-state index in [1.807, 2.05) is 70.6 Å². The number of carbonyl (C=O) groups is 2. The second-order valence-electron chi connectivity index (χ2n) is 9.96. The summed E-state index contributed by atoms with van der Waals surface area (Å²) in [5.41, 5.74) is 3.76. The molecular formula is C30H34ClN3O2. The topological polar surface area (TPSA) is 45.6 Å². The van der Waals surface area contributed by atoms with Crippen LogP contribution in [0.15, 0.2) is 66.9 Å². The fourth-order valence-electron chi connectivity index (χ4n) is 5.44. The number of hydrogen-bond acceptors (Lipinski definition) is 2. The molecule has 0 unspecified atom stereocenters. The first-order chi connectivity index (χ1) is 17.5. The molecule has 6 heteroatoms. The first-order valence-electron chi connectivity index (χ1n) is 13.2. The Morgan fingerprint density at radius 2 is 1.81 bits per heavy atom. The van der Waals surface area contributed by atoms with Crippen LogP contribution in [0.5, 0.6) is 0 Å². The summed E-state index contributed by atoms with van der Waals surface area (Å²) in [6.45, 7) is 4.33. The summed E-state index contributed by atoms with van der Waals surface area (Å²) in [4.78, 5) is 31.6. The van der Waals surface area contributed by atoms with Gasteiger partial charge in [0.1, 0.15) is 12.6 Å². The van der Waals surface area contributed by atoms with E-state index in [1.54, 1.807) is 0 Å². The molecule has 1 aliphatic carbocycles. The van der Waals surface area contributed by atoms with Gasteiger partial charge in [0.2, 0.25) is 11.8 Å². The predicted molar refractivity (Wildman–Crippen MR) is 145 cm³/mol. The molecule has 5 nitrogen and oxygen atoms in total. The molecule has 5 rings (SSSR count). The second kappa shape index (κ2) is 10.5. The van der Waals surface area contributed by atoms with Crippen molar-refractivity contribution >= 4 is 29.1 Å². The Morgan fingerprint density at radius 3 is 2.50 bits per heavy atom. The minimum atomic E-state index is -0.334. The lowest BCUT2D eigenvalue weighted by molar-refractivity contribution is -0.139. The van der Waals surface area contributed by atoms with E-state index in [2.05, 4.69) is 24.5 Å². The quantitative estimate of drug-likeness (QED) is 0.323. The fraction of sp³-hybridized carbons (Fsp3) is 0.400. The lowest BCUT2D eigenvalue weighted by Gasteiger charge is -2.40. The Balaban J connectivity index is 1.53. The minimum absolute atomic E-state index is 0.0204. The molecule has 1 fully saturated rings. The number of benzene rings is 2. The zero-order valence-corrected chi connectivity index (χ0v) is 21.8. The monoisotopic (exact) mass is 503 g/mol. The molecule has 2 heterocycles. The zero-order chi connectivity index (χ0) is 25.2. The molecule has 1 saturated carbocycles. The molecule has 188 valence electrons. The maximum atomic E-state index is 14.2. The number of unbranched alkanes of at least 4 members (excludes halogenated alkanes) is 1. The Bertz CT molecular complexity index is 1250. The van der Waals surface area contributed by atoms with Gasteiger partial charge >= 0.3 is 0 Å². The molecule has 0 saturated heterocycles. The molecule has 0 spiro atoms. The van der Waals surface area contributed by atoms with E-state index in [0.717, 1.165) is 61.2 Å². The average molecular weight is 504 g/mol. The van der Waals surface area contributed by atoms with Crippen LogP contribution < -0.4 is 4.90 Å². The van der Waals surface area contributed by atoms with Crippen molar-refractivity contribution < 1.29 is 9.59 Å². The number of anilines is 1. The van der Waals surface area contributed by atoms with Crippen molar-refractivity contribution in [3.63, 3.8) is 0 Å². The highest BCUT2D eigenvalue weighted by atomic mass is 35.5. The van der Waals surface area contributed by atoms with Crippen molar-refractivity contribution in [3.8, 4) is 5.69 Å². The third-order valence-corrected chi connectivity index (χ3v) is 7.71. The summed E-state index contributed by atoms with van der Waals surface area (Å²) in [6, 6.07) is 19.6. The number of fused-ring (bicyclic) bond motifs is 3. The van der Waals surface area contributed by atoms with Gasteiger partial charge in [0.15, 0.2) is 0 Å². The first kappa shape index (κ1) is 24.6. The standard InChI is InChI=1S/C30H34ClN3O2/c1-3-5-10-21(4-2)30(36)33(24-16-17-24)20-28(35)34-26-14-7-6-13-25(26)32-18-9-15-27(32)29(34)22-11-8-12-23(31)19-22/h6-9,11-15,18-19,21,24,29H,3-5,10,16-17,20H2,1-2H3/t21-,29+/m1/s1. The summed E-state index contributed by atoms with van der Waals surface area (Å²) in [6.07, 6.45) is 7.77. The maximum absolute atomic E-state index is 14.2. The van der Waals surface area contributed by atoms with Gasteiger partial charge in [-0.05, 0) is 67.6 Å². The molecular weight excluding hydrogens is 470 g/mol. The van der Waals surface area contributed by atoms with Crippen LogP contribution >= 0.6 is 11.6 Å². The number of rotatable bonds is 9. The Morgan fingerprint density at radius 1 is 1.03 bits per heavy atom. The Kier molecular flexibility index (Phi) is 7.20. The summed E-state index contributed by atoms with van der Waals surface area (Å²) in [7, 11) is 0. The zero-order valence-electron chi connectivity index (χ0n) is 21.1. The van der Waals surface area contributed by atoms with Gasteiger partial charge in [-0.3, -0.25) is 14.5 Å². The summed E-state index contributed by atoms with van der Waals surface area (Å²) < 4.78 is 2.15. The van der Waals surface area contributed by atoms with Gasteiger partial charge in [-0.1, -0.05) is 62.6 Å². The van der Waals surface area contributed by atoms with Gasteiger partial charge in [-0.25, -0.2) is 0 Å². The minimum Gasteiger partial charge on any atom is -0.330 e. The highest BCUT2D eigenvalue weighted by Crippen LogP contribution is 2.43. The Hall–Kier alpha value is -3.05. The van der Waals surface area contributed by atoms with Crippen molar-refractivity contribution in [1.29, 1.82) is 0 Å². The number of nitrogens with zero attached hydrogens (tertiary/aromatic N) is 3. The maximum Gasteiger partial charge on any atom is 0.247 e. The highest BCUT2D eigenvalue weighted by Gasteiger charge is 2.41. The van der Waals surface area contributed by atoms with Crippen LogP contribution in [0, 0.1) is 5.92 Å². The predicted octanol–water partition coefficient (Wildman–Crippen LogP) is 6.77. The van der Waals surface area contributed by atoms with Crippen molar-refractivity contribution in [3.05, 3.63) is 83.1 Å². The van der Waals surface area contributed by atoms with Gasteiger partial charge in [0.25, 0.3) is 0 Å². The van der Waals surface area contributed by atoms with E-state index in [0.29, 0.717) is 5.02 Å². The summed E-state index contributed by atoms with van der Waals surface area (Å²) in [5, 5.41) is 0.633. The molecule has 36 heavy (non-hydrogen) atoms.